The highest BCUT2D eigenvalue weighted by molar-refractivity contribution is 6.02. The fourth-order valence-corrected chi connectivity index (χ4v) is 3.14. The molecule has 2 aromatic carbocycles. The minimum Gasteiger partial charge on any atom is -0.454 e. The van der Waals surface area contributed by atoms with Crippen molar-refractivity contribution in [3.05, 3.63) is 82.3 Å². The van der Waals surface area contributed by atoms with Crippen LogP contribution in [0.3, 0.4) is 0 Å². The Morgan fingerprint density at radius 1 is 0.593 bits per heavy atom. The van der Waals surface area contributed by atoms with Crippen molar-refractivity contribution in [1.29, 1.82) is 0 Å². The Morgan fingerprint density at radius 2 is 0.926 bits per heavy atom. The van der Waals surface area contributed by atoms with Gasteiger partial charge < -0.3 is 4.42 Å². The van der Waals surface area contributed by atoms with Gasteiger partial charge in [-0.1, -0.05) is 36.4 Å². The summed E-state index contributed by atoms with van der Waals surface area (Å²) in [5.74, 6) is 1.53. The summed E-state index contributed by atoms with van der Waals surface area (Å²) in [4.78, 5) is 9.59. The van der Waals surface area contributed by atoms with Gasteiger partial charge in [-0.15, -0.1) is 0 Å². The van der Waals surface area contributed by atoms with E-state index in [1.807, 2.05) is 26.0 Å². The summed E-state index contributed by atoms with van der Waals surface area (Å²) in [6.07, 6.45) is 0. The molecule has 0 aliphatic carbocycles. The van der Waals surface area contributed by atoms with Crippen molar-refractivity contribution in [2.24, 2.45) is 9.98 Å². The molecule has 0 aliphatic rings. The van der Waals surface area contributed by atoms with Crippen molar-refractivity contribution in [1.82, 2.24) is 0 Å². The molecule has 1 aromatic heterocycles. The first kappa shape index (κ1) is 18.8. The Hall–Kier alpha value is -2.94. The molecule has 0 spiro atoms. The first-order chi connectivity index (χ1) is 12.9. The number of furan rings is 1. The maximum Gasteiger partial charge on any atom is 0.148 e. The summed E-state index contributed by atoms with van der Waals surface area (Å²) in [6.45, 7) is 12.3. The fourth-order valence-electron chi connectivity index (χ4n) is 3.14. The van der Waals surface area contributed by atoms with Gasteiger partial charge in [-0.3, -0.25) is 0 Å². The van der Waals surface area contributed by atoms with Crippen molar-refractivity contribution in [2.45, 2.75) is 41.5 Å². The molecule has 0 saturated heterocycles. The minimum absolute atomic E-state index is 0.767. The standard InChI is InChI=1S/C24H26N2O/c1-15-9-7-10-16(2)23(15)25-19(5)21-13-14-22(27-21)20(6)26-24-17(3)11-8-12-18(24)4/h7-14H,1-6H3/b25-19+,26-20+. The van der Waals surface area contributed by atoms with Crippen molar-refractivity contribution in [3.8, 4) is 0 Å². The summed E-state index contributed by atoms with van der Waals surface area (Å²) in [5, 5.41) is 0. The number of aryl methyl sites for hydroxylation is 4. The molecule has 3 nitrogen and oxygen atoms in total. The highest BCUT2D eigenvalue weighted by Gasteiger charge is 2.10. The second-order valence-electron chi connectivity index (χ2n) is 7.04. The van der Waals surface area contributed by atoms with Gasteiger partial charge in [0.15, 0.2) is 0 Å². The van der Waals surface area contributed by atoms with Gasteiger partial charge in [0.25, 0.3) is 0 Å². The van der Waals surface area contributed by atoms with Crippen LogP contribution in [0.4, 0.5) is 11.4 Å². The third kappa shape index (κ3) is 4.08. The number of hydrogen-bond donors (Lipinski definition) is 0. The van der Waals surface area contributed by atoms with Crippen molar-refractivity contribution in [3.63, 3.8) is 0 Å². The van der Waals surface area contributed by atoms with Crippen LogP contribution < -0.4 is 0 Å². The zero-order chi connectivity index (χ0) is 19.6. The Balaban J connectivity index is 1.92. The molecular formula is C24H26N2O. The molecule has 0 N–H and O–H groups in total. The van der Waals surface area contributed by atoms with Crippen LogP contribution >= 0.6 is 0 Å². The number of hydrogen-bond acceptors (Lipinski definition) is 3. The summed E-state index contributed by atoms with van der Waals surface area (Å²) in [6, 6.07) is 16.3. The molecule has 0 fully saturated rings. The van der Waals surface area contributed by atoms with E-state index in [9.17, 15) is 0 Å². The predicted molar refractivity (Wildman–Crippen MR) is 114 cm³/mol. The molecule has 3 rings (SSSR count). The Labute approximate surface area is 161 Å². The van der Waals surface area contributed by atoms with E-state index in [1.54, 1.807) is 0 Å². The summed E-state index contributed by atoms with van der Waals surface area (Å²) in [7, 11) is 0. The van der Waals surface area contributed by atoms with E-state index in [0.29, 0.717) is 0 Å². The minimum atomic E-state index is 0.767. The summed E-state index contributed by atoms with van der Waals surface area (Å²) >= 11 is 0. The Bertz CT molecular complexity index is 916. The lowest BCUT2D eigenvalue weighted by Crippen LogP contribution is -1.95. The number of benzene rings is 2. The molecule has 3 aromatic rings. The monoisotopic (exact) mass is 358 g/mol. The number of aliphatic imine (C=N–C) groups is 2. The average Bonchev–Trinajstić information content (AvgIpc) is 3.12. The second-order valence-corrected chi connectivity index (χ2v) is 7.04. The lowest BCUT2D eigenvalue weighted by molar-refractivity contribution is 0.547. The Morgan fingerprint density at radius 3 is 1.26 bits per heavy atom. The van der Waals surface area contributed by atoms with E-state index in [1.165, 1.54) is 0 Å². The molecule has 0 bridgehead atoms. The maximum absolute atomic E-state index is 6.05. The number of para-hydroxylation sites is 2. The molecule has 0 radical (unpaired) electrons. The van der Waals surface area contributed by atoms with E-state index in [4.69, 9.17) is 14.4 Å². The molecule has 0 atom stereocenters. The van der Waals surface area contributed by atoms with Gasteiger partial charge >= 0.3 is 0 Å². The number of rotatable bonds is 4. The van der Waals surface area contributed by atoms with E-state index in [2.05, 4.69) is 64.1 Å². The van der Waals surface area contributed by atoms with Crippen LogP contribution in [0.1, 0.15) is 47.6 Å². The van der Waals surface area contributed by atoms with Crippen LogP contribution in [-0.2, 0) is 0 Å². The largest absolute Gasteiger partial charge is 0.454 e. The van der Waals surface area contributed by atoms with Gasteiger partial charge in [-0.05, 0) is 75.9 Å². The first-order valence-corrected chi connectivity index (χ1v) is 9.20. The van der Waals surface area contributed by atoms with Gasteiger partial charge in [0, 0.05) is 0 Å². The maximum atomic E-state index is 6.05. The highest BCUT2D eigenvalue weighted by atomic mass is 16.3. The quantitative estimate of drug-likeness (QED) is 0.473. The molecule has 27 heavy (non-hydrogen) atoms. The number of nitrogens with zero attached hydrogens (tertiary/aromatic N) is 2. The molecule has 1 heterocycles. The lowest BCUT2D eigenvalue weighted by Gasteiger charge is -2.06. The highest BCUT2D eigenvalue weighted by Crippen LogP contribution is 2.26. The summed E-state index contributed by atoms with van der Waals surface area (Å²) < 4.78 is 6.05. The van der Waals surface area contributed by atoms with Gasteiger partial charge in [0.2, 0.25) is 0 Å². The normalized spacial score (nSPS) is 12.5. The average molecular weight is 358 g/mol. The molecule has 0 saturated carbocycles. The van der Waals surface area contributed by atoms with Crippen molar-refractivity contribution < 1.29 is 4.42 Å². The SMILES string of the molecule is C/C(=N\c1c(C)cccc1C)c1ccc(/C(C)=N/c2c(C)cccc2C)o1. The first-order valence-electron chi connectivity index (χ1n) is 9.20. The molecule has 0 unspecified atom stereocenters. The third-order valence-electron chi connectivity index (χ3n) is 4.76. The zero-order valence-corrected chi connectivity index (χ0v) is 16.9. The lowest BCUT2D eigenvalue weighted by atomic mass is 10.1. The zero-order valence-electron chi connectivity index (χ0n) is 16.9. The third-order valence-corrected chi connectivity index (χ3v) is 4.76. The van der Waals surface area contributed by atoms with Crippen LogP contribution in [0, 0.1) is 27.7 Å². The van der Waals surface area contributed by atoms with Gasteiger partial charge in [0.05, 0.1) is 22.8 Å². The van der Waals surface area contributed by atoms with E-state index < -0.39 is 0 Å². The van der Waals surface area contributed by atoms with Gasteiger partial charge in [-0.25, -0.2) is 9.98 Å². The van der Waals surface area contributed by atoms with Crippen LogP contribution in [0.15, 0.2) is 62.9 Å². The molecule has 0 aliphatic heterocycles. The van der Waals surface area contributed by atoms with E-state index in [-0.39, 0.29) is 0 Å². The van der Waals surface area contributed by atoms with Gasteiger partial charge in [0.1, 0.15) is 11.5 Å². The van der Waals surface area contributed by atoms with Crippen LogP contribution in [0.25, 0.3) is 0 Å². The predicted octanol–water partition coefficient (Wildman–Crippen LogP) is 6.79. The molecule has 0 amide bonds. The smallest absolute Gasteiger partial charge is 0.148 e. The fraction of sp³-hybridized carbons (Fsp3) is 0.250. The molecular weight excluding hydrogens is 332 g/mol. The van der Waals surface area contributed by atoms with E-state index >= 15 is 0 Å². The molecule has 3 heteroatoms. The van der Waals surface area contributed by atoms with Gasteiger partial charge in [-0.2, -0.15) is 0 Å². The van der Waals surface area contributed by atoms with Crippen molar-refractivity contribution >= 4 is 22.8 Å². The summed E-state index contributed by atoms with van der Waals surface area (Å²) in [5.41, 5.74) is 8.38. The Kier molecular flexibility index (Phi) is 5.41. The van der Waals surface area contributed by atoms with Crippen molar-refractivity contribution in [2.75, 3.05) is 0 Å². The van der Waals surface area contributed by atoms with E-state index in [0.717, 1.165) is 56.6 Å². The van der Waals surface area contributed by atoms with Crippen LogP contribution in [-0.4, -0.2) is 11.4 Å². The van der Waals surface area contributed by atoms with Crippen LogP contribution in [0.5, 0.6) is 0 Å². The van der Waals surface area contributed by atoms with Crippen LogP contribution in [0.2, 0.25) is 0 Å². The topological polar surface area (TPSA) is 37.9 Å². The molecule has 138 valence electrons. The second kappa shape index (κ2) is 7.75.